The molecule has 7 heteroatoms. The zero-order valence-corrected chi connectivity index (χ0v) is 21.8. The average Bonchev–Trinajstić information content (AvgIpc) is 2.85. The van der Waals surface area contributed by atoms with Crippen molar-refractivity contribution in [1.82, 2.24) is 15.5 Å². The van der Waals surface area contributed by atoms with Crippen LogP contribution in [-0.2, 0) is 9.59 Å². The Kier molecular flexibility index (Phi) is 10.8. The van der Waals surface area contributed by atoms with Crippen molar-refractivity contribution in [2.24, 2.45) is 5.92 Å². The van der Waals surface area contributed by atoms with Crippen LogP contribution < -0.4 is 15.4 Å². The third kappa shape index (κ3) is 7.77. The van der Waals surface area contributed by atoms with Gasteiger partial charge in [0.1, 0.15) is 5.75 Å². The average molecular weight is 488 g/mol. The number of hydrogen-bond donors (Lipinski definition) is 2. The molecule has 34 heavy (non-hydrogen) atoms. The maximum Gasteiger partial charge on any atom is 0.257 e. The van der Waals surface area contributed by atoms with Gasteiger partial charge in [0.05, 0.1) is 12.0 Å². The second-order valence-corrected chi connectivity index (χ2v) is 10.6. The highest BCUT2D eigenvalue weighted by Gasteiger charge is 2.39. The Bertz CT molecular complexity index is 819. The Labute approximate surface area is 209 Å². The molecule has 3 rings (SSSR count). The van der Waals surface area contributed by atoms with Gasteiger partial charge in [-0.15, -0.1) is 11.8 Å². The largest absolute Gasteiger partial charge is 0.497 e. The molecule has 2 aliphatic rings. The lowest BCUT2D eigenvalue weighted by atomic mass is 9.84. The fourth-order valence-electron chi connectivity index (χ4n) is 4.66. The molecular weight excluding hydrogens is 446 g/mol. The molecule has 0 radical (unpaired) electrons. The number of amides is 2. The van der Waals surface area contributed by atoms with E-state index in [0.29, 0.717) is 11.8 Å². The Morgan fingerprint density at radius 1 is 1.15 bits per heavy atom. The lowest BCUT2D eigenvalue weighted by Gasteiger charge is -2.39. The third-order valence-electron chi connectivity index (χ3n) is 6.77. The van der Waals surface area contributed by atoms with Gasteiger partial charge in [0.25, 0.3) is 5.91 Å². The standard InChI is InChI=1S/C27H41N3O3S/c1-4-6-15-30(16-7-5-2)17-14-28-26(31)21-10-13-24-23(19-21)29-27(32)25(34-24)18-20-8-11-22(33-3)12-9-20/h8-9,11-12,18,21,23-24H,4-7,10,13-17,19H2,1-3H3,(H,28,31)(H,29,32)/b25-18+. The van der Waals surface area contributed by atoms with Crippen LogP contribution in [0.15, 0.2) is 29.2 Å². The smallest absolute Gasteiger partial charge is 0.257 e. The molecule has 3 unspecified atom stereocenters. The fraction of sp³-hybridized carbons (Fsp3) is 0.630. The number of nitrogens with zero attached hydrogens (tertiary/aromatic N) is 1. The molecule has 188 valence electrons. The van der Waals surface area contributed by atoms with Crippen molar-refractivity contribution in [1.29, 1.82) is 0 Å². The molecule has 2 amide bonds. The molecule has 0 spiro atoms. The highest BCUT2D eigenvalue weighted by Crippen LogP contribution is 2.40. The zero-order valence-electron chi connectivity index (χ0n) is 21.0. The number of benzene rings is 1. The molecule has 0 bridgehead atoms. The van der Waals surface area contributed by atoms with Crippen LogP contribution in [0.1, 0.15) is 64.4 Å². The zero-order chi connectivity index (χ0) is 24.3. The summed E-state index contributed by atoms with van der Waals surface area (Å²) in [5.41, 5.74) is 0.983. The van der Waals surface area contributed by atoms with E-state index in [-0.39, 0.29) is 23.8 Å². The van der Waals surface area contributed by atoms with E-state index >= 15 is 0 Å². The second kappa shape index (κ2) is 13.8. The Balaban J connectivity index is 1.47. The highest BCUT2D eigenvalue weighted by molar-refractivity contribution is 8.04. The first-order valence-corrected chi connectivity index (χ1v) is 13.7. The van der Waals surface area contributed by atoms with Crippen molar-refractivity contribution in [2.75, 3.05) is 33.3 Å². The van der Waals surface area contributed by atoms with Crippen LogP contribution in [0.25, 0.3) is 6.08 Å². The van der Waals surface area contributed by atoms with Crippen LogP contribution in [0.2, 0.25) is 0 Å². The number of nitrogens with one attached hydrogen (secondary N) is 2. The van der Waals surface area contributed by atoms with Gasteiger partial charge in [-0.25, -0.2) is 0 Å². The van der Waals surface area contributed by atoms with Gasteiger partial charge in [-0.05, 0) is 69.0 Å². The Hall–Kier alpha value is -1.99. The van der Waals surface area contributed by atoms with Crippen molar-refractivity contribution in [2.45, 2.75) is 70.1 Å². The maximum absolute atomic E-state index is 12.9. The van der Waals surface area contributed by atoms with E-state index in [4.69, 9.17) is 4.74 Å². The molecule has 2 fully saturated rings. The van der Waals surface area contributed by atoms with Crippen molar-refractivity contribution in [3.63, 3.8) is 0 Å². The maximum atomic E-state index is 12.9. The minimum atomic E-state index is -0.0365. The summed E-state index contributed by atoms with van der Waals surface area (Å²) in [7, 11) is 1.64. The van der Waals surface area contributed by atoms with Gasteiger partial charge in [-0.2, -0.15) is 0 Å². The molecule has 0 aromatic heterocycles. The van der Waals surface area contributed by atoms with Crippen LogP contribution in [0, 0.1) is 5.92 Å². The Morgan fingerprint density at radius 2 is 1.85 bits per heavy atom. The van der Waals surface area contributed by atoms with E-state index in [2.05, 4.69) is 29.4 Å². The lowest BCUT2D eigenvalue weighted by molar-refractivity contribution is -0.127. The molecule has 1 aliphatic carbocycles. The first kappa shape index (κ1) is 26.6. The summed E-state index contributed by atoms with van der Waals surface area (Å²) in [4.78, 5) is 28.8. The van der Waals surface area contributed by atoms with Crippen LogP contribution in [0.4, 0.5) is 0 Å². The lowest BCUT2D eigenvalue weighted by Crippen LogP contribution is -2.52. The van der Waals surface area contributed by atoms with Gasteiger partial charge in [-0.3, -0.25) is 9.59 Å². The number of hydrogen-bond acceptors (Lipinski definition) is 5. The van der Waals surface area contributed by atoms with Gasteiger partial charge in [0.15, 0.2) is 0 Å². The molecule has 1 heterocycles. The number of ether oxygens (including phenoxy) is 1. The van der Waals surface area contributed by atoms with Crippen LogP contribution >= 0.6 is 11.8 Å². The van der Waals surface area contributed by atoms with Crippen molar-refractivity contribution < 1.29 is 14.3 Å². The molecule has 6 nitrogen and oxygen atoms in total. The summed E-state index contributed by atoms with van der Waals surface area (Å²) in [6.07, 6.45) is 9.28. The molecule has 1 saturated carbocycles. The molecule has 1 aromatic carbocycles. The van der Waals surface area contributed by atoms with Gasteiger partial charge < -0.3 is 20.3 Å². The molecule has 2 N–H and O–H groups in total. The van der Waals surface area contributed by atoms with Crippen LogP contribution in [0.5, 0.6) is 5.75 Å². The number of carbonyl (C=O) groups is 2. The van der Waals surface area contributed by atoms with E-state index in [1.807, 2.05) is 30.3 Å². The van der Waals surface area contributed by atoms with E-state index in [1.165, 1.54) is 25.7 Å². The van der Waals surface area contributed by atoms with Gasteiger partial charge in [0, 0.05) is 30.3 Å². The topological polar surface area (TPSA) is 70.7 Å². The number of fused-ring (bicyclic) bond motifs is 1. The normalized spacial score (nSPS) is 23.5. The number of methoxy groups -OCH3 is 1. The van der Waals surface area contributed by atoms with Crippen molar-refractivity contribution in [3.8, 4) is 5.75 Å². The van der Waals surface area contributed by atoms with E-state index in [9.17, 15) is 9.59 Å². The molecule has 1 aromatic rings. The Morgan fingerprint density at radius 3 is 2.50 bits per heavy atom. The summed E-state index contributed by atoms with van der Waals surface area (Å²) in [6, 6.07) is 7.77. The number of unbranched alkanes of at least 4 members (excludes halogenated alkanes) is 2. The monoisotopic (exact) mass is 487 g/mol. The predicted molar refractivity (Wildman–Crippen MR) is 141 cm³/mol. The van der Waals surface area contributed by atoms with E-state index in [0.717, 1.165) is 55.1 Å². The molecule has 3 atom stereocenters. The molecule has 1 aliphatic heterocycles. The first-order chi connectivity index (χ1) is 16.5. The fourth-order valence-corrected chi connectivity index (χ4v) is 5.96. The van der Waals surface area contributed by atoms with Crippen molar-refractivity contribution in [3.05, 3.63) is 34.7 Å². The minimum absolute atomic E-state index is 0.0194. The van der Waals surface area contributed by atoms with Gasteiger partial charge in [0.2, 0.25) is 5.91 Å². The predicted octanol–water partition coefficient (Wildman–Crippen LogP) is 4.45. The first-order valence-electron chi connectivity index (χ1n) is 12.9. The summed E-state index contributed by atoms with van der Waals surface area (Å²) in [5.74, 6) is 0.886. The minimum Gasteiger partial charge on any atom is -0.497 e. The van der Waals surface area contributed by atoms with E-state index in [1.54, 1.807) is 18.9 Å². The third-order valence-corrected chi connectivity index (χ3v) is 8.20. The van der Waals surface area contributed by atoms with Crippen LogP contribution in [0.3, 0.4) is 0 Å². The molecular formula is C27H41N3O3S. The van der Waals surface area contributed by atoms with E-state index < -0.39 is 0 Å². The van der Waals surface area contributed by atoms with Gasteiger partial charge >= 0.3 is 0 Å². The summed E-state index contributed by atoms with van der Waals surface area (Å²) < 4.78 is 5.21. The number of rotatable bonds is 12. The molecule has 1 saturated heterocycles. The summed E-state index contributed by atoms with van der Waals surface area (Å²) in [5, 5.41) is 6.67. The van der Waals surface area contributed by atoms with Crippen LogP contribution in [-0.4, -0.2) is 61.3 Å². The quantitative estimate of drug-likeness (QED) is 0.426. The second-order valence-electron chi connectivity index (χ2n) is 9.37. The number of carbonyl (C=O) groups excluding carboxylic acids is 2. The SMILES string of the molecule is CCCCN(CCCC)CCNC(=O)C1CCC2S/C(=C/c3ccc(OC)cc3)C(=O)NC2C1. The highest BCUT2D eigenvalue weighted by atomic mass is 32.2. The summed E-state index contributed by atoms with van der Waals surface area (Å²) >= 11 is 1.66. The summed E-state index contributed by atoms with van der Waals surface area (Å²) in [6.45, 7) is 8.26. The number of thioether (sulfide) groups is 1. The van der Waals surface area contributed by atoms with Gasteiger partial charge in [-0.1, -0.05) is 38.8 Å². The van der Waals surface area contributed by atoms with Crippen molar-refractivity contribution >= 4 is 29.7 Å².